The summed E-state index contributed by atoms with van der Waals surface area (Å²) in [5.74, 6) is -1.68. The fourth-order valence-corrected chi connectivity index (χ4v) is 2.63. The molecule has 0 heterocycles. The fourth-order valence-electron chi connectivity index (χ4n) is 2.63. The van der Waals surface area contributed by atoms with E-state index in [1.807, 2.05) is 0 Å². The number of carbonyl (C=O) groups is 2. The van der Waals surface area contributed by atoms with Gasteiger partial charge in [-0.3, -0.25) is 9.59 Å². The smallest absolute Gasteiger partial charge is 0.309 e. The lowest BCUT2D eigenvalue weighted by molar-refractivity contribution is -0.139. The zero-order valence-electron chi connectivity index (χ0n) is 12.6. The van der Waals surface area contributed by atoms with Crippen LogP contribution in [0.5, 0.6) is 0 Å². The highest BCUT2D eigenvalue weighted by atomic mass is 19.1. The fraction of sp³-hybridized carbons (Fsp3) is 0.500. The van der Waals surface area contributed by atoms with Crippen molar-refractivity contribution in [3.05, 3.63) is 35.6 Å². The van der Waals surface area contributed by atoms with E-state index in [-0.39, 0.29) is 18.4 Å². The Kier molecular flexibility index (Phi) is 5.89. The third-order valence-electron chi connectivity index (χ3n) is 3.85. The number of amides is 2. The van der Waals surface area contributed by atoms with Gasteiger partial charge in [-0.2, -0.15) is 0 Å². The van der Waals surface area contributed by atoms with E-state index in [0.717, 1.165) is 25.7 Å². The molecule has 0 radical (unpaired) electrons. The maximum absolute atomic E-state index is 13.2. The molecule has 0 aliphatic heterocycles. The normalized spacial score (nSPS) is 16.3. The Morgan fingerprint density at radius 3 is 2.68 bits per heavy atom. The van der Waals surface area contributed by atoms with Gasteiger partial charge in [0.2, 0.25) is 0 Å². The van der Waals surface area contributed by atoms with Gasteiger partial charge in [-0.15, -0.1) is 0 Å². The van der Waals surface area contributed by atoms with Gasteiger partial charge in [0.1, 0.15) is 5.82 Å². The van der Waals surface area contributed by atoms with Gasteiger partial charge in [0, 0.05) is 19.7 Å². The summed E-state index contributed by atoms with van der Waals surface area (Å²) in [6, 6.07) is 6.07. The summed E-state index contributed by atoms with van der Waals surface area (Å²) < 4.78 is 18.5. The third kappa shape index (κ3) is 4.53. The largest absolute Gasteiger partial charge is 0.375 e. The minimum atomic E-state index is -0.689. The summed E-state index contributed by atoms with van der Waals surface area (Å²) in [6.07, 6.45) is 3.50. The van der Waals surface area contributed by atoms with Crippen molar-refractivity contribution in [1.82, 2.24) is 10.6 Å². The van der Waals surface area contributed by atoms with Gasteiger partial charge in [-0.25, -0.2) is 4.39 Å². The number of hydrogen-bond donors (Lipinski definition) is 2. The molecule has 1 aliphatic rings. The van der Waals surface area contributed by atoms with Gasteiger partial charge in [-0.1, -0.05) is 25.0 Å². The Morgan fingerprint density at radius 2 is 2.05 bits per heavy atom. The first-order valence-electron chi connectivity index (χ1n) is 7.47. The van der Waals surface area contributed by atoms with Crippen LogP contribution < -0.4 is 10.6 Å². The first-order valence-corrected chi connectivity index (χ1v) is 7.47. The number of halogens is 1. The molecule has 1 fully saturated rings. The second-order valence-corrected chi connectivity index (χ2v) is 5.44. The van der Waals surface area contributed by atoms with Crippen LogP contribution in [0, 0.1) is 5.82 Å². The number of hydrogen-bond acceptors (Lipinski definition) is 3. The van der Waals surface area contributed by atoms with Crippen LogP contribution in [0.4, 0.5) is 4.39 Å². The Bertz CT molecular complexity index is 530. The van der Waals surface area contributed by atoms with Crippen molar-refractivity contribution in [2.75, 3.05) is 13.7 Å². The van der Waals surface area contributed by atoms with Crippen LogP contribution in [0.2, 0.25) is 0 Å². The number of benzene rings is 1. The molecule has 5 nitrogen and oxygen atoms in total. The van der Waals surface area contributed by atoms with Crippen molar-refractivity contribution in [3.8, 4) is 0 Å². The van der Waals surface area contributed by atoms with E-state index in [4.69, 9.17) is 4.74 Å². The van der Waals surface area contributed by atoms with Crippen molar-refractivity contribution in [3.63, 3.8) is 0 Å². The number of nitrogens with one attached hydrogen (secondary N) is 2. The minimum Gasteiger partial charge on any atom is -0.375 e. The Morgan fingerprint density at radius 1 is 1.32 bits per heavy atom. The van der Waals surface area contributed by atoms with E-state index >= 15 is 0 Å². The summed E-state index contributed by atoms with van der Waals surface area (Å²) in [6.45, 7) is 0.108. The lowest BCUT2D eigenvalue weighted by Gasteiger charge is -2.17. The molecule has 2 N–H and O–H groups in total. The standard InChI is InChI=1S/C16H21FN2O3/c1-22-14(11-5-4-6-12(17)9-11)10-18-15(20)16(21)19-13-7-2-3-8-13/h4-6,9,13-14H,2-3,7-8,10H2,1H3,(H,18,20)(H,19,21). The average Bonchev–Trinajstić information content (AvgIpc) is 3.00. The third-order valence-corrected chi connectivity index (χ3v) is 3.85. The van der Waals surface area contributed by atoms with Crippen molar-refractivity contribution in [2.45, 2.75) is 37.8 Å². The molecule has 2 rings (SSSR count). The molecule has 0 spiro atoms. The molecule has 0 saturated heterocycles. The topological polar surface area (TPSA) is 67.4 Å². The van der Waals surface area contributed by atoms with E-state index in [1.54, 1.807) is 12.1 Å². The highest BCUT2D eigenvalue weighted by Crippen LogP contribution is 2.18. The van der Waals surface area contributed by atoms with E-state index in [9.17, 15) is 14.0 Å². The highest BCUT2D eigenvalue weighted by molar-refractivity contribution is 6.35. The average molecular weight is 308 g/mol. The maximum atomic E-state index is 13.2. The summed E-state index contributed by atoms with van der Waals surface area (Å²) in [5, 5.41) is 5.24. The van der Waals surface area contributed by atoms with E-state index in [1.165, 1.54) is 19.2 Å². The molecule has 120 valence electrons. The van der Waals surface area contributed by atoms with E-state index in [2.05, 4.69) is 10.6 Å². The maximum Gasteiger partial charge on any atom is 0.309 e. The lowest BCUT2D eigenvalue weighted by Crippen LogP contribution is -2.44. The molecule has 2 amide bonds. The van der Waals surface area contributed by atoms with Crippen LogP contribution in [0.3, 0.4) is 0 Å². The van der Waals surface area contributed by atoms with Crippen LogP contribution in [-0.4, -0.2) is 31.5 Å². The van der Waals surface area contributed by atoms with Crippen molar-refractivity contribution < 1.29 is 18.7 Å². The molecule has 1 saturated carbocycles. The first kappa shape index (κ1) is 16.4. The Labute approximate surface area is 129 Å². The van der Waals surface area contributed by atoms with Crippen LogP contribution in [0.1, 0.15) is 37.4 Å². The molecule has 1 unspecified atom stereocenters. The molecule has 1 aromatic rings. The van der Waals surface area contributed by atoms with Gasteiger partial charge in [0.25, 0.3) is 0 Å². The zero-order chi connectivity index (χ0) is 15.9. The molecule has 1 aliphatic carbocycles. The monoisotopic (exact) mass is 308 g/mol. The minimum absolute atomic E-state index is 0.0969. The summed E-state index contributed by atoms with van der Waals surface area (Å²) in [4.78, 5) is 23.6. The summed E-state index contributed by atoms with van der Waals surface area (Å²) in [7, 11) is 1.47. The molecule has 1 atom stereocenters. The van der Waals surface area contributed by atoms with E-state index < -0.39 is 17.9 Å². The van der Waals surface area contributed by atoms with Crippen LogP contribution in [-0.2, 0) is 14.3 Å². The predicted molar refractivity (Wildman–Crippen MR) is 79.6 cm³/mol. The highest BCUT2D eigenvalue weighted by Gasteiger charge is 2.22. The Balaban J connectivity index is 1.84. The van der Waals surface area contributed by atoms with Crippen LogP contribution in [0.15, 0.2) is 24.3 Å². The number of carbonyl (C=O) groups excluding carboxylic acids is 2. The molecular formula is C16H21FN2O3. The number of ether oxygens (including phenoxy) is 1. The molecule has 0 aromatic heterocycles. The van der Waals surface area contributed by atoms with Crippen molar-refractivity contribution in [2.24, 2.45) is 0 Å². The van der Waals surface area contributed by atoms with Crippen LogP contribution in [0.25, 0.3) is 0 Å². The molecule has 22 heavy (non-hydrogen) atoms. The van der Waals surface area contributed by atoms with Gasteiger partial charge in [0.15, 0.2) is 0 Å². The molecule has 1 aromatic carbocycles. The molecular weight excluding hydrogens is 287 g/mol. The molecule has 0 bridgehead atoms. The summed E-state index contributed by atoms with van der Waals surface area (Å²) in [5.41, 5.74) is 0.610. The van der Waals surface area contributed by atoms with Crippen LogP contribution >= 0.6 is 0 Å². The quantitative estimate of drug-likeness (QED) is 0.813. The lowest BCUT2D eigenvalue weighted by atomic mass is 10.1. The van der Waals surface area contributed by atoms with Gasteiger partial charge in [0.05, 0.1) is 6.10 Å². The second-order valence-electron chi connectivity index (χ2n) is 5.44. The summed E-state index contributed by atoms with van der Waals surface area (Å²) >= 11 is 0. The molecule has 6 heteroatoms. The zero-order valence-corrected chi connectivity index (χ0v) is 12.6. The second kappa shape index (κ2) is 7.89. The van der Waals surface area contributed by atoms with Crippen molar-refractivity contribution in [1.29, 1.82) is 0 Å². The van der Waals surface area contributed by atoms with Gasteiger partial charge < -0.3 is 15.4 Å². The predicted octanol–water partition coefficient (Wildman–Crippen LogP) is 1.69. The van der Waals surface area contributed by atoms with E-state index in [0.29, 0.717) is 5.56 Å². The van der Waals surface area contributed by atoms with Gasteiger partial charge in [-0.05, 0) is 30.5 Å². The number of methoxy groups -OCH3 is 1. The van der Waals surface area contributed by atoms with Gasteiger partial charge >= 0.3 is 11.8 Å². The first-order chi connectivity index (χ1) is 10.6. The SMILES string of the molecule is COC(CNC(=O)C(=O)NC1CCCC1)c1cccc(F)c1. The number of rotatable bonds is 5. The Hall–Kier alpha value is -1.95. The van der Waals surface area contributed by atoms with Crippen molar-refractivity contribution >= 4 is 11.8 Å².